The Bertz CT molecular complexity index is 636. The molecule has 0 aliphatic rings. The summed E-state index contributed by atoms with van der Waals surface area (Å²) in [5.74, 6) is -1.56. The predicted molar refractivity (Wildman–Crippen MR) is 78.5 cm³/mol. The van der Waals surface area contributed by atoms with E-state index in [-0.39, 0.29) is 12.2 Å². The van der Waals surface area contributed by atoms with Gasteiger partial charge < -0.3 is 9.84 Å². The van der Waals surface area contributed by atoms with Gasteiger partial charge in [-0.25, -0.2) is 9.18 Å². The van der Waals surface area contributed by atoms with Crippen molar-refractivity contribution in [3.05, 3.63) is 77.1 Å². The number of ether oxygens (including phenoxy) is 1. The van der Waals surface area contributed by atoms with Crippen LogP contribution in [0.4, 0.5) is 4.39 Å². The number of benzene rings is 2. The van der Waals surface area contributed by atoms with Gasteiger partial charge in [0.2, 0.25) is 0 Å². The van der Waals surface area contributed by atoms with Gasteiger partial charge in [-0.05, 0) is 29.3 Å². The van der Waals surface area contributed by atoms with Crippen LogP contribution in [0.3, 0.4) is 0 Å². The average molecular weight is 286 g/mol. The fourth-order valence-electron chi connectivity index (χ4n) is 1.88. The maximum Gasteiger partial charge on any atom is 0.336 e. The molecular weight excluding hydrogens is 271 g/mol. The van der Waals surface area contributed by atoms with Gasteiger partial charge >= 0.3 is 5.97 Å². The first-order valence-corrected chi connectivity index (χ1v) is 6.48. The summed E-state index contributed by atoms with van der Waals surface area (Å²) >= 11 is 0. The van der Waals surface area contributed by atoms with E-state index < -0.39 is 11.8 Å². The highest BCUT2D eigenvalue weighted by atomic mass is 19.1. The molecular formula is C17H15FO3. The lowest BCUT2D eigenvalue weighted by atomic mass is 10.1. The number of carboxylic acids is 1. The second kappa shape index (κ2) is 7.36. The van der Waals surface area contributed by atoms with E-state index in [1.54, 1.807) is 0 Å². The maximum atomic E-state index is 13.1. The van der Waals surface area contributed by atoms with E-state index in [1.165, 1.54) is 12.1 Å². The fourth-order valence-corrected chi connectivity index (χ4v) is 1.88. The Hall–Kier alpha value is -2.46. The van der Waals surface area contributed by atoms with Crippen LogP contribution in [0.2, 0.25) is 0 Å². The monoisotopic (exact) mass is 286 g/mol. The quantitative estimate of drug-likeness (QED) is 0.823. The molecule has 0 aromatic heterocycles. The minimum atomic E-state index is -1.09. The highest BCUT2D eigenvalue weighted by Gasteiger charge is 2.10. The molecule has 0 atom stereocenters. The van der Waals surface area contributed by atoms with E-state index in [1.807, 2.05) is 42.5 Å². The largest absolute Gasteiger partial charge is 0.478 e. The summed E-state index contributed by atoms with van der Waals surface area (Å²) in [6.07, 6.45) is 3.73. The normalized spacial score (nSPS) is 10.9. The summed E-state index contributed by atoms with van der Waals surface area (Å²) in [5, 5.41) is 9.02. The molecule has 21 heavy (non-hydrogen) atoms. The molecule has 2 aromatic rings. The SMILES string of the molecule is O=C(O)c1ccc(F)cc1COC/C=C/c1ccccc1. The number of hydrogen-bond acceptors (Lipinski definition) is 2. The molecule has 0 bridgehead atoms. The fraction of sp³-hybridized carbons (Fsp3) is 0.118. The summed E-state index contributed by atoms with van der Waals surface area (Å²) in [6, 6.07) is 13.3. The summed E-state index contributed by atoms with van der Waals surface area (Å²) < 4.78 is 18.5. The number of carbonyl (C=O) groups is 1. The second-order valence-electron chi connectivity index (χ2n) is 4.43. The van der Waals surface area contributed by atoms with Crippen LogP contribution in [0.5, 0.6) is 0 Å². The van der Waals surface area contributed by atoms with Crippen LogP contribution in [0.15, 0.2) is 54.6 Å². The van der Waals surface area contributed by atoms with E-state index in [2.05, 4.69) is 0 Å². The molecule has 0 aliphatic heterocycles. The summed E-state index contributed by atoms with van der Waals surface area (Å²) in [5.41, 5.74) is 1.44. The average Bonchev–Trinajstić information content (AvgIpc) is 2.48. The van der Waals surface area contributed by atoms with Crippen molar-refractivity contribution >= 4 is 12.0 Å². The van der Waals surface area contributed by atoms with Crippen molar-refractivity contribution in [1.29, 1.82) is 0 Å². The van der Waals surface area contributed by atoms with Gasteiger partial charge in [0.15, 0.2) is 0 Å². The zero-order valence-corrected chi connectivity index (χ0v) is 11.3. The van der Waals surface area contributed by atoms with Gasteiger partial charge in [-0.15, -0.1) is 0 Å². The van der Waals surface area contributed by atoms with E-state index in [0.717, 1.165) is 11.6 Å². The molecule has 0 saturated carbocycles. The highest BCUT2D eigenvalue weighted by molar-refractivity contribution is 5.89. The van der Waals surface area contributed by atoms with Crippen molar-refractivity contribution in [1.82, 2.24) is 0 Å². The van der Waals surface area contributed by atoms with Crippen LogP contribution < -0.4 is 0 Å². The van der Waals surface area contributed by atoms with Gasteiger partial charge in [-0.3, -0.25) is 0 Å². The number of carboxylic acid groups (broad SMARTS) is 1. The molecule has 0 fully saturated rings. The van der Waals surface area contributed by atoms with Gasteiger partial charge in [-0.1, -0.05) is 42.5 Å². The molecule has 0 saturated heterocycles. The number of aromatic carboxylic acids is 1. The van der Waals surface area contributed by atoms with Crippen LogP contribution in [-0.4, -0.2) is 17.7 Å². The van der Waals surface area contributed by atoms with Crippen LogP contribution in [-0.2, 0) is 11.3 Å². The van der Waals surface area contributed by atoms with Gasteiger partial charge in [-0.2, -0.15) is 0 Å². The van der Waals surface area contributed by atoms with E-state index >= 15 is 0 Å². The van der Waals surface area contributed by atoms with Gasteiger partial charge in [0.05, 0.1) is 18.8 Å². The second-order valence-corrected chi connectivity index (χ2v) is 4.43. The van der Waals surface area contributed by atoms with E-state index in [0.29, 0.717) is 12.2 Å². The van der Waals surface area contributed by atoms with Crippen molar-refractivity contribution in [2.45, 2.75) is 6.61 Å². The lowest BCUT2D eigenvalue weighted by Crippen LogP contribution is -2.05. The Morgan fingerprint density at radius 3 is 2.67 bits per heavy atom. The van der Waals surface area contributed by atoms with Gasteiger partial charge in [0.25, 0.3) is 0 Å². The first-order chi connectivity index (χ1) is 10.2. The first-order valence-electron chi connectivity index (χ1n) is 6.48. The Balaban J connectivity index is 1.90. The molecule has 0 radical (unpaired) electrons. The number of halogens is 1. The topological polar surface area (TPSA) is 46.5 Å². The standard InChI is InChI=1S/C17H15FO3/c18-15-8-9-16(17(19)20)14(11-15)12-21-10-4-7-13-5-2-1-3-6-13/h1-9,11H,10,12H2,(H,19,20)/b7-4+. The van der Waals surface area contributed by atoms with E-state index in [9.17, 15) is 9.18 Å². The smallest absolute Gasteiger partial charge is 0.336 e. The van der Waals surface area contributed by atoms with Gasteiger partial charge in [0.1, 0.15) is 5.82 Å². The molecule has 2 rings (SSSR count). The minimum Gasteiger partial charge on any atom is -0.478 e. The zero-order valence-electron chi connectivity index (χ0n) is 11.3. The third-order valence-corrected chi connectivity index (χ3v) is 2.88. The predicted octanol–water partition coefficient (Wildman–Crippen LogP) is 3.75. The number of hydrogen-bond donors (Lipinski definition) is 1. The van der Waals surface area contributed by atoms with Crippen molar-refractivity contribution in [2.24, 2.45) is 0 Å². The molecule has 0 amide bonds. The molecule has 3 nitrogen and oxygen atoms in total. The lowest BCUT2D eigenvalue weighted by Gasteiger charge is -2.06. The number of rotatable bonds is 6. The molecule has 0 aliphatic carbocycles. The Morgan fingerprint density at radius 1 is 1.19 bits per heavy atom. The van der Waals surface area contributed by atoms with Crippen LogP contribution >= 0.6 is 0 Å². The molecule has 0 unspecified atom stereocenters. The third-order valence-electron chi connectivity index (χ3n) is 2.88. The maximum absolute atomic E-state index is 13.1. The Morgan fingerprint density at radius 2 is 1.95 bits per heavy atom. The Labute approximate surface area is 122 Å². The third kappa shape index (κ3) is 4.54. The van der Waals surface area contributed by atoms with Crippen LogP contribution in [0, 0.1) is 5.82 Å². The Kier molecular flexibility index (Phi) is 5.23. The summed E-state index contributed by atoms with van der Waals surface area (Å²) in [4.78, 5) is 11.0. The lowest BCUT2D eigenvalue weighted by molar-refractivity contribution is 0.0690. The highest BCUT2D eigenvalue weighted by Crippen LogP contribution is 2.13. The summed E-state index contributed by atoms with van der Waals surface area (Å²) in [7, 11) is 0. The molecule has 0 heterocycles. The molecule has 108 valence electrons. The van der Waals surface area contributed by atoms with E-state index in [4.69, 9.17) is 9.84 Å². The zero-order chi connectivity index (χ0) is 15.1. The minimum absolute atomic E-state index is 0.0541. The molecule has 4 heteroatoms. The van der Waals surface area contributed by atoms with Crippen molar-refractivity contribution in [2.75, 3.05) is 6.61 Å². The van der Waals surface area contributed by atoms with Crippen molar-refractivity contribution < 1.29 is 19.0 Å². The molecule has 2 aromatic carbocycles. The summed E-state index contributed by atoms with van der Waals surface area (Å²) in [6.45, 7) is 0.378. The van der Waals surface area contributed by atoms with Gasteiger partial charge in [0, 0.05) is 0 Å². The molecule has 1 N–H and O–H groups in total. The van der Waals surface area contributed by atoms with Crippen LogP contribution in [0.1, 0.15) is 21.5 Å². The first kappa shape index (κ1) is 14.9. The van der Waals surface area contributed by atoms with Crippen LogP contribution in [0.25, 0.3) is 6.08 Å². The molecule has 0 spiro atoms. The van der Waals surface area contributed by atoms with Crippen molar-refractivity contribution in [3.63, 3.8) is 0 Å². The van der Waals surface area contributed by atoms with Crippen molar-refractivity contribution in [3.8, 4) is 0 Å².